The van der Waals surface area contributed by atoms with Crippen LogP contribution in [0.5, 0.6) is 0 Å². The Labute approximate surface area is 107 Å². The number of nitrogens with zero attached hydrogens (tertiary/aromatic N) is 2. The Hall–Kier alpha value is -1.42. The van der Waals surface area contributed by atoms with E-state index in [4.69, 9.17) is 0 Å². The summed E-state index contributed by atoms with van der Waals surface area (Å²) < 4.78 is 15.2. The molecule has 0 amide bonds. The van der Waals surface area contributed by atoms with Crippen molar-refractivity contribution in [2.75, 3.05) is 6.54 Å². The highest BCUT2D eigenvalue weighted by atomic mass is 19.1. The first-order valence-electron chi connectivity index (χ1n) is 6.42. The van der Waals surface area contributed by atoms with Gasteiger partial charge >= 0.3 is 0 Å². The third kappa shape index (κ3) is 2.88. The highest BCUT2D eigenvalue weighted by molar-refractivity contribution is 5.75. The monoisotopic (exact) mass is 249 g/mol. The van der Waals surface area contributed by atoms with E-state index >= 15 is 0 Å². The van der Waals surface area contributed by atoms with Gasteiger partial charge < -0.3 is 9.88 Å². The lowest BCUT2D eigenvalue weighted by atomic mass is 10.3. The largest absolute Gasteiger partial charge is 0.331 e. The quantitative estimate of drug-likeness (QED) is 0.826. The molecule has 0 aliphatic rings. The van der Waals surface area contributed by atoms with Crippen LogP contribution >= 0.6 is 0 Å². The topological polar surface area (TPSA) is 29.9 Å². The lowest BCUT2D eigenvalue weighted by Gasteiger charge is -2.07. The van der Waals surface area contributed by atoms with E-state index < -0.39 is 0 Å². The molecule has 0 aliphatic carbocycles. The molecule has 0 saturated carbocycles. The van der Waals surface area contributed by atoms with E-state index in [0.29, 0.717) is 6.04 Å². The summed E-state index contributed by atoms with van der Waals surface area (Å²) in [6.45, 7) is 5.25. The van der Waals surface area contributed by atoms with E-state index in [1.54, 1.807) is 6.07 Å². The van der Waals surface area contributed by atoms with Crippen LogP contribution in [0.2, 0.25) is 0 Å². The normalized spacial score (nSPS) is 11.6. The van der Waals surface area contributed by atoms with E-state index in [2.05, 4.69) is 24.1 Å². The molecular weight excluding hydrogens is 229 g/mol. The van der Waals surface area contributed by atoms with Gasteiger partial charge in [-0.1, -0.05) is 13.8 Å². The van der Waals surface area contributed by atoms with Crippen molar-refractivity contribution in [1.82, 2.24) is 14.9 Å². The average molecular weight is 249 g/mol. The predicted octanol–water partition coefficient (Wildman–Crippen LogP) is 2.64. The number of imidazole rings is 1. The Kier molecular flexibility index (Phi) is 3.97. The summed E-state index contributed by atoms with van der Waals surface area (Å²) in [5.74, 6) is 0.787. The Morgan fingerprint density at radius 2 is 2.17 bits per heavy atom. The molecule has 0 spiro atoms. The highest BCUT2D eigenvalue weighted by Gasteiger charge is 2.08. The van der Waals surface area contributed by atoms with Crippen LogP contribution in [0.15, 0.2) is 18.2 Å². The lowest BCUT2D eigenvalue weighted by Crippen LogP contribution is -2.24. The van der Waals surface area contributed by atoms with Gasteiger partial charge in [0.1, 0.15) is 11.6 Å². The molecule has 0 radical (unpaired) electrons. The highest BCUT2D eigenvalue weighted by Crippen LogP contribution is 2.16. The number of benzene rings is 1. The first-order valence-corrected chi connectivity index (χ1v) is 6.42. The molecular formula is C14H20FN3. The number of fused-ring (bicyclic) bond motifs is 1. The van der Waals surface area contributed by atoms with Crippen LogP contribution in [-0.4, -0.2) is 22.1 Å². The van der Waals surface area contributed by atoms with Gasteiger partial charge in [-0.25, -0.2) is 9.37 Å². The summed E-state index contributed by atoms with van der Waals surface area (Å²) in [5.41, 5.74) is 1.73. The fraction of sp³-hybridized carbons (Fsp3) is 0.500. The number of hydrogen-bond donors (Lipinski definition) is 1. The van der Waals surface area contributed by atoms with Crippen LogP contribution < -0.4 is 5.32 Å². The van der Waals surface area contributed by atoms with Gasteiger partial charge in [-0.3, -0.25) is 0 Å². The van der Waals surface area contributed by atoms with Crippen molar-refractivity contribution in [3.8, 4) is 0 Å². The number of halogens is 1. The van der Waals surface area contributed by atoms with E-state index in [-0.39, 0.29) is 5.82 Å². The minimum atomic E-state index is -0.228. The number of rotatable bonds is 5. The maximum atomic E-state index is 13.1. The molecule has 0 bridgehead atoms. The van der Waals surface area contributed by atoms with Gasteiger partial charge in [-0.15, -0.1) is 0 Å². The zero-order chi connectivity index (χ0) is 13.1. The standard InChI is InChI=1S/C14H20FN3/c1-10(2)16-8-4-5-14-17-12-9-11(15)6-7-13(12)18(14)3/h6-7,9-10,16H,4-5,8H2,1-3H3. The second-order valence-corrected chi connectivity index (χ2v) is 4.93. The van der Waals surface area contributed by atoms with Crippen LogP contribution in [0.3, 0.4) is 0 Å². The second-order valence-electron chi connectivity index (χ2n) is 4.93. The molecule has 1 aromatic carbocycles. The SMILES string of the molecule is CC(C)NCCCc1nc2cc(F)ccc2n1C. The van der Waals surface area contributed by atoms with Gasteiger partial charge in [0.25, 0.3) is 0 Å². The second kappa shape index (κ2) is 5.48. The fourth-order valence-electron chi connectivity index (χ4n) is 2.08. The Bertz CT molecular complexity index is 531. The molecule has 1 aromatic heterocycles. The summed E-state index contributed by atoms with van der Waals surface area (Å²) in [4.78, 5) is 4.48. The molecule has 1 N–H and O–H groups in total. The Balaban J connectivity index is 2.07. The molecule has 1 heterocycles. The number of aromatic nitrogens is 2. The van der Waals surface area contributed by atoms with Gasteiger partial charge in [-0.05, 0) is 25.1 Å². The lowest BCUT2D eigenvalue weighted by molar-refractivity contribution is 0.563. The average Bonchev–Trinajstić information content (AvgIpc) is 2.61. The van der Waals surface area contributed by atoms with E-state index in [0.717, 1.165) is 36.2 Å². The minimum Gasteiger partial charge on any atom is -0.331 e. The summed E-state index contributed by atoms with van der Waals surface area (Å²) in [6.07, 6.45) is 1.95. The smallest absolute Gasteiger partial charge is 0.125 e. The molecule has 0 fully saturated rings. The molecule has 0 atom stereocenters. The van der Waals surface area contributed by atoms with Crippen molar-refractivity contribution in [2.24, 2.45) is 7.05 Å². The van der Waals surface area contributed by atoms with Crippen molar-refractivity contribution in [3.63, 3.8) is 0 Å². The predicted molar refractivity (Wildman–Crippen MR) is 72.1 cm³/mol. The van der Waals surface area contributed by atoms with Crippen LogP contribution in [0.4, 0.5) is 4.39 Å². The molecule has 3 nitrogen and oxygen atoms in total. The van der Waals surface area contributed by atoms with Crippen LogP contribution in [0.25, 0.3) is 11.0 Å². The van der Waals surface area contributed by atoms with Crippen LogP contribution in [0, 0.1) is 5.82 Å². The number of hydrogen-bond acceptors (Lipinski definition) is 2. The molecule has 98 valence electrons. The van der Waals surface area contributed by atoms with Crippen LogP contribution in [0.1, 0.15) is 26.1 Å². The fourth-order valence-corrected chi connectivity index (χ4v) is 2.08. The minimum absolute atomic E-state index is 0.228. The van der Waals surface area contributed by atoms with Crippen molar-refractivity contribution in [2.45, 2.75) is 32.7 Å². The van der Waals surface area contributed by atoms with E-state index in [9.17, 15) is 4.39 Å². The van der Waals surface area contributed by atoms with Crippen molar-refractivity contribution in [3.05, 3.63) is 29.8 Å². The summed E-state index contributed by atoms with van der Waals surface area (Å²) in [5, 5.41) is 3.38. The third-order valence-corrected chi connectivity index (χ3v) is 3.07. The maximum Gasteiger partial charge on any atom is 0.125 e. The Morgan fingerprint density at radius 3 is 2.89 bits per heavy atom. The summed E-state index contributed by atoms with van der Waals surface area (Å²) in [7, 11) is 1.98. The zero-order valence-electron chi connectivity index (χ0n) is 11.2. The van der Waals surface area contributed by atoms with Crippen LogP contribution in [-0.2, 0) is 13.5 Å². The molecule has 0 aliphatic heterocycles. The number of nitrogens with one attached hydrogen (secondary N) is 1. The van der Waals surface area contributed by atoms with Gasteiger partial charge in [0.05, 0.1) is 11.0 Å². The molecule has 2 rings (SSSR count). The first-order chi connectivity index (χ1) is 8.58. The zero-order valence-corrected chi connectivity index (χ0v) is 11.2. The van der Waals surface area contributed by atoms with E-state index in [1.165, 1.54) is 12.1 Å². The Morgan fingerprint density at radius 1 is 1.39 bits per heavy atom. The van der Waals surface area contributed by atoms with Gasteiger partial charge in [-0.2, -0.15) is 0 Å². The van der Waals surface area contributed by atoms with E-state index in [1.807, 2.05) is 11.6 Å². The first kappa shape index (κ1) is 13.0. The van der Waals surface area contributed by atoms with Gasteiger partial charge in [0.2, 0.25) is 0 Å². The molecule has 0 saturated heterocycles. The summed E-state index contributed by atoms with van der Waals surface area (Å²) in [6, 6.07) is 5.27. The third-order valence-electron chi connectivity index (χ3n) is 3.07. The molecule has 4 heteroatoms. The molecule has 2 aromatic rings. The summed E-state index contributed by atoms with van der Waals surface area (Å²) >= 11 is 0. The molecule has 0 unspecified atom stereocenters. The van der Waals surface area contributed by atoms with Gasteiger partial charge in [0.15, 0.2) is 0 Å². The maximum absolute atomic E-state index is 13.1. The van der Waals surface area contributed by atoms with Crippen molar-refractivity contribution >= 4 is 11.0 Å². The number of aryl methyl sites for hydroxylation is 2. The van der Waals surface area contributed by atoms with Crippen molar-refractivity contribution in [1.29, 1.82) is 0 Å². The van der Waals surface area contributed by atoms with Crippen molar-refractivity contribution < 1.29 is 4.39 Å². The molecule has 18 heavy (non-hydrogen) atoms. The van der Waals surface area contributed by atoms with Gasteiger partial charge in [0, 0.05) is 25.6 Å².